The number of carbonyl (C=O) groups excluding carboxylic acids is 2. The van der Waals surface area contributed by atoms with Gasteiger partial charge in [0.2, 0.25) is 0 Å². The van der Waals surface area contributed by atoms with Gasteiger partial charge in [0, 0.05) is 17.9 Å². The molecule has 5 aliphatic carbocycles. The first-order chi connectivity index (χ1) is 17.5. The molecular formula is C33H53NO4. The largest absolute Gasteiger partial charge is 0.393 e. The van der Waals surface area contributed by atoms with Crippen molar-refractivity contribution in [2.75, 3.05) is 13.7 Å². The van der Waals surface area contributed by atoms with Crippen molar-refractivity contribution in [3.63, 3.8) is 0 Å². The molecule has 1 amide bonds. The Bertz CT molecular complexity index is 1050. The van der Waals surface area contributed by atoms with E-state index in [0.29, 0.717) is 18.2 Å². The van der Waals surface area contributed by atoms with Gasteiger partial charge in [0.05, 0.1) is 13.2 Å². The number of aliphatic hydroxyl groups excluding tert-OH is 1. The van der Waals surface area contributed by atoms with Crippen LogP contribution in [0.4, 0.5) is 0 Å². The summed E-state index contributed by atoms with van der Waals surface area (Å²) in [5.74, 6) is 0.961. The maximum Gasteiger partial charge on any atom is 0.252 e. The summed E-state index contributed by atoms with van der Waals surface area (Å²) >= 11 is 0. The van der Waals surface area contributed by atoms with E-state index in [1.165, 1.54) is 10.6 Å². The predicted octanol–water partition coefficient (Wildman–Crippen LogP) is 6.74. The summed E-state index contributed by atoms with van der Waals surface area (Å²) < 4.78 is 0. The highest BCUT2D eigenvalue weighted by molar-refractivity contribution is 5.95. The lowest BCUT2D eigenvalue weighted by Crippen LogP contribution is -2.66. The Labute approximate surface area is 231 Å². The van der Waals surface area contributed by atoms with Crippen molar-refractivity contribution in [3.8, 4) is 0 Å². The van der Waals surface area contributed by atoms with Crippen molar-refractivity contribution < 1.29 is 19.5 Å². The molecule has 0 aromatic heterocycles. The molecule has 5 nitrogen and oxygen atoms in total. The molecule has 0 radical (unpaired) electrons. The van der Waals surface area contributed by atoms with E-state index in [0.717, 1.165) is 57.8 Å². The minimum absolute atomic E-state index is 0.0145. The maximum absolute atomic E-state index is 14.4. The van der Waals surface area contributed by atoms with Gasteiger partial charge in [0.1, 0.15) is 0 Å². The number of hydrogen-bond acceptors (Lipinski definition) is 4. The molecule has 214 valence electrons. The molecule has 5 aliphatic rings. The Hall–Kier alpha value is -1.20. The Morgan fingerprint density at radius 1 is 1.00 bits per heavy atom. The third-order valence-electron chi connectivity index (χ3n) is 13.8. The summed E-state index contributed by atoms with van der Waals surface area (Å²) in [6.45, 7) is 18.8. The highest BCUT2D eigenvalue weighted by atomic mass is 16.7. The van der Waals surface area contributed by atoms with Crippen molar-refractivity contribution in [2.24, 2.45) is 50.2 Å². The summed E-state index contributed by atoms with van der Waals surface area (Å²) in [6.07, 6.45) is 10.5. The minimum atomic E-state index is -0.483. The first kappa shape index (κ1) is 28.3. The number of rotatable bonds is 3. The maximum atomic E-state index is 14.4. The van der Waals surface area contributed by atoms with Gasteiger partial charge in [0.25, 0.3) is 5.91 Å². The zero-order valence-corrected chi connectivity index (χ0v) is 25.6. The first-order valence-corrected chi connectivity index (χ1v) is 15.3. The van der Waals surface area contributed by atoms with Crippen molar-refractivity contribution in [2.45, 2.75) is 119 Å². The van der Waals surface area contributed by atoms with Crippen molar-refractivity contribution in [1.29, 1.82) is 0 Å². The van der Waals surface area contributed by atoms with Crippen molar-refractivity contribution in [3.05, 3.63) is 11.6 Å². The van der Waals surface area contributed by atoms with E-state index in [2.05, 4.69) is 54.5 Å². The van der Waals surface area contributed by atoms with Crippen molar-refractivity contribution in [1.82, 2.24) is 5.06 Å². The number of nitrogens with zero attached hydrogens (tertiary/aromatic N) is 1. The molecular weight excluding hydrogens is 474 g/mol. The smallest absolute Gasteiger partial charge is 0.252 e. The van der Waals surface area contributed by atoms with Crippen LogP contribution in [0.5, 0.6) is 0 Å². The summed E-state index contributed by atoms with van der Waals surface area (Å²) in [7, 11) is 1.58. The van der Waals surface area contributed by atoms with Gasteiger partial charge in [-0.05, 0) is 110 Å². The molecule has 5 rings (SSSR count). The van der Waals surface area contributed by atoms with Crippen LogP contribution < -0.4 is 0 Å². The van der Waals surface area contributed by atoms with E-state index in [1.54, 1.807) is 7.11 Å². The molecule has 38 heavy (non-hydrogen) atoms. The quantitative estimate of drug-likeness (QED) is 0.413. The molecule has 1 unspecified atom stereocenters. The molecule has 0 aromatic rings. The van der Waals surface area contributed by atoms with E-state index in [1.807, 2.05) is 6.92 Å². The molecule has 0 heterocycles. The number of allylic oxidation sites excluding steroid dienone is 2. The van der Waals surface area contributed by atoms with Gasteiger partial charge in [-0.15, -0.1) is 0 Å². The summed E-state index contributed by atoms with van der Waals surface area (Å²) in [6, 6.07) is 0. The fourth-order valence-electron chi connectivity index (χ4n) is 11.0. The molecule has 4 fully saturated rings. The van der Waals surface area contributed by atoms with Gasteiger partial charge < -0.3 is 5.11 Å². The average molecular weight is 528 g/mol. The Morgan fingerprint density at radius 3 is 2.29 bits per heavy atom. The molecule has 9 atom stereocenters. The van der Waals surface area contributed by atoms with E-state index < -0.39 is 5.41 Å². The lowest BCUT2D eigenvalue weighted by molar-refractivity contribution is -0.204. The van der Waals surface area contributed by atoms with Crippen LogP contribution in [0.15, 0.2) is 11.6 Å². The Kier molecular flexibility index (Phi) is 6.45. The predicted molar refractivity (Wildman–Crippen MR) is 150 cm³/mol. The number of hydroxylamine groups is 2. The fourth-order valence-corrected chi connectivity index (χ4v) is 11.0. The van der Waals surface area contributed by atoms with E-state index in [4.69, 9.17) is 4.84 Å². The summed E-state index contributed by atoms with van der Waals surface area (Å²) in [5.41, 5.74) is 0.528. The molecule has 0 aromatic carbocycles. The molecule has 0 saturated heterocycles. The highest BCUT2D eigenvalue weighted by Crippen LogP contribution is 2.75. The van der Waals surface area contributed by atoms with E-state index >= 15 is 0 Å². The zero-order chi connectivity index (χ0) is 28.1. The van der Waals surface area contributed by atoms with Gasteiger partial charge in [-0.25, -0.2) is 5.06 Å². The molecule has 0 aliphatic heterocycles. The fraction of sp³-hybridized carbons (Fsp3) is 0.879. The minimum Gasteiger partial charge on any atom is -0.393 e. The molecule has 0 spiro atoms. The van der Waals surface area contributed by atoms with Crippen LogP contribution in [-0.4, -0.2) is 41.6 Å². The average Bonchev–Trinajstić information content (AvgIpc) is 2.85. The second kappa shape index (κ2) is 8.65. The number of carbonyl (C=O) groups is 2. The second-order valence-corrected chi connectivity index (χ2v) is 15.8. The van der Waals surface area contributed by atoms with Crippen LogP contribution in [0.2, 0.25) is 0 Å². The molecule has 5 heteroatoms. The SMILES string of the molecule is CCN(OC)C(=O)[C@@]1(C)CC[C@]2(C)CC[C@]3(C)C(=CC(=O)[C@@H]4[C@@]5(C)CC[C@H](O)C(C)(C)C5CC[C@]43C)[C@@H]2C1. The number of fused-ring (bicyclic) bond motifs is 7. The number of hydrogen-bond donors (Lipinski definition) is 1. The standard InChI is InChI=1S/C33H53NO4/c1-10-34(38-9)27(37)30(5)16-15-29(4)17-18-32(7)21(22(29)20-30)19-23(35)26-31(6)13-12-25(36)28(2,3)24(31)11-14-33(26,32)8/h19,22,24-26,36H,10-18,20H2,1-9H3/t22-,24?,25-,26+,29+,30-,31-,32+,33+/m0/s1. The van der Waals surface area contributed by atoms with Gasteiger partial charge in [-0.1, -0.05) is 54.0 Å². The third kappa shape index (κ3) is 3.49. The summed E-state index contributed by atoms with van der Waals surface area (Å²) in [5, 5.41) is 12.5. The first-order valence-electron chi connectivity index (χ1n) is 15.3. The third-order valence-corrected chi connectivity index (χ3v) is 13.8. The summed E-state index contributed by atoms with van der Waals surface area (Å²) in [4.78, 5) is 33.5. The second-order valence-electron chi connectivity index (χ2n) is 15.8. The molecule has 0 bridgehead atoms. The Balaban J connectivity index is 1.58. The van der Waals surface area contributed by atoms with Gasteiger partial charge in [0.15, 0.2) is 5.78 Å². The number of amides is 1. The zero-order valence-electron chi connectivity index (χ0n) is 25.6. The monoisotopic (exact) mass is 527 g/mol. The van der Waals surface area contributed by atoms with E-state index in [-0.39, 0.29) is 50.9 Å². The number of aliphatic hydroxyl groups is 1. The Morgan fingerprint density at radius 2 is 1.66 bits per heavy atom. The van der Waals surface area contributed by atoms with Crippen LogP contribution in [0, 0.1) is 50.2 Å². The highest BCUT2D eigenvalue weighted by Gasteiger charge is 2.70. The normalized spacial score (nSPS) is 49.6. The van der Waals surface area contributed by atoms with E-state index in [9.17, 15) is 14.7 Å². The van der Waals surface area contributed by atoms with Crippen LogP contribution in [0.25, 0.3) is 0 Å². The lowest BCUT2D eigenvalue weighted by atomic mass is 9.33. The molecule has 1 N–H and O–H groups in total. The topological polar surface area (TPSA) is 66.8 Å². The van der Waals surface area contributed by atoms with Crippen LogP contribution in [0.1, 0.15) is 113 Å². The van der Waals surface area contributed by atoms with Crippen LogP contribution in [-0.2, 0) is 14.4 Å². The van der Waals surface area contributed by atoms with Crippen LogP contribution in [0.3, 0.4) is 0 Å². The van der Waals surface area contributed by atoms with Gasteiger partial charge >= 0.3 is 0 Å². The number of ketones is 1. The van der Waals surface area contributed by atoms with Gasteiger partial charge in [-0.3, -0.25) is 14.4 Å². The molecule has 4 saturated carbocycles. The van der Waals surface area contributed by atoms with Crippen molar-refractivity contribution >= 4 is 11.7 Å². The van der Waals surface area contributed by atoms with Crippen LogP contribution >= 0.6 is 0 Å². The van der Waals surface area contributed by atoms with Gasteiger partial charge in [-0.2, -0.15) is 0 Å². The lowest BCUT2D eigenvalue weighted by Gasteiger charge is -2.70.